The average Bonchev–Trinajstić information content (AvgIpc) is 2.05. The van der Waals surface area contributed by atoms with E-state index in [0.29, 0.717) is 5.92 Å². The van der Waals surface area contributed by atoms with E-state index in [0.717, 1.165) is 19.3 Å². The van der Waals surface area contributed by atoms with E-state index in [4.69, 9.17) is 10.8 Å². The summed E-state index contributed by atoms with van der Waals surface area (Å²) in [5.41, 5.74) is 5.73. The molecule has 1 aliphatic carbocycles. The SMILES string of the molecule is NC(CC(=O)O)C1CC=CCC1. The third-order valence-corrected chi connectivity index (χ3v) is 2.33. The van der Waals surface area contributed by atoms with Crippen LogP contribution in [0.2, 0.25) is 0 Å². The molecule has 0 aromatic rings. The lowest BCUT2D eigenvalue weighted by Crippen LogP contribution is -2.32. The molecular weight excluding hydrogens is 154 g/mol. The highest BCUT2D eigenvalue weighted by molar-refractivity contribution is 5.67. The second-order valence-corrected chi connectivity index (χ2v) is 3.31. The highest BCUT2D eigenvalue weighted by Gasteiger charge is 2.20. The van der Waals surface area contributed by atoms with Gasteiger partial charge in [0, 0.05) is 6.04 Å². The fourth-order valence-electron chi connectivity index (χ4n) is 1.57. The van der Waals surface area contributed by atoms with Crippen LogP contribution in [0.15, 0.2) is 12.2 Å². The van der Waals surface area contributed by atoms with Crippen molar-refractivity contribution in [3.63, 3.8) is 0 Å². The van der Waals surface area contributed by atoms with Gasteiger partial charge in [-0.25, -0.2) is 0 Å². The number of carbonyl (C=O) groups is 1. The van der Waals surface area contributed by atoms with E-state index in [9.17, 15) is 4.79 Å². The van der Waals surface area contributed by atoms with Crippen LogP contribution in [0.3, 0.4) is 0 Å². The number of carboxylic acid groups (broad SMARTS) is 1. The van der Waals surface area contributed by atoms with Gasteiger partial charge in [0.05, 0.1) is 6.42 Å². The molecule has 12 heavy (non-hydrogen) atoms. The Labute approximate surface area is 72.3 Å². The third kappa shape index (κ3) is 2.66. The van der Waals surface area contributed by atoms with Crippen LogP contribution in [0.5, 0.6) is 0 Å². The van der Waals surface area contributed by atoms with E-state index in [1.165, 1.54) is 0 Å². The molecule has 1 rings (SSSR count). The molecule has 0 spiro atoms. The van der Waals surface area contributed by atoms with E-state index in [2.05, 4.69) is 12.2 Å². The van der Waals surface area contributed by atoms with Crippen LogP contribution < -0.4 is 5.73 Å². The van der Waals surface area contributed by atoms with Crippen molar-refractivity contribution >= 4 is 5.97 Å². The predicted molar refractivity (Wildman–Crippen MR) is 46.7 cm³/mol. The number of allylic oxidation sites excluding steroid dienone is 2. The van der Waals surface area contributed by atoms with Crippen LogP contribution in [0, 0.1) is 5.92 Å². The van der Waals surface area contributed by atoms with Gasteiger partial charge >= 0.3 is 5.97 Å². The first kappa shape index (κ1) is 9.26. The molecule has 0 aromatic carbocycles. The first-order chi connectivity index (χ1) is 5.70. The first-order valence-corrected chi connectivity index (χ1v) is 4.32. The Bertz CT molecular complexity index is 189. The smallest absolute Gasteiger partial charge is 0.304 e. The Morgan fingerprint density at radius 3 is 2.92 bits per heavy atom. The van der Waals surface area contributed by atoms with Crippen molar-refractivity contribution < 1.29 is 9.90 Å². The van der Waals surface area contributed by atoms with Crippen LogP contribution >= 0.6 is 0 Å². The summed E-state index contributed by atoms with van der Waals surface area (Å²) in [6.07, 6.45) is 7.33. The number of carboxylic acids is 1. The lowest BCUT2D eigenvalue weighted by molar-refractivity contribution is -0.137. The molecule has 0 amide bonds. The van der Waals surface area contributed by atoms with E-state index < -0.39 is 5.97 Å². The van der Waals surface area contributed by atoms with Gasteiger partial charge in [-0.1, -0.05) is 12.2 Å². The molecule has 68 valence electrons. The number of nitrogens with two attached hydrogens (primary N) is 1. The molecule has 2 atom stereocenters. The zero-order valence-corrected chi connectivity index (χ0v) is 7.07. The summed E-state index contributed by atoms with van der Waals surface area (Å²) in [6.45, 7) is 0. The molecule has 2 unspecified atom stereocenters. The van der Waals surface area contributed by atoms with Crippen molar-refractivity contribution in [1.82, 2.24) is 0 Å². The van der Waals surface area contributed by atoms with Gasteiger partial charge in [-0.3, -0.25) is 4.79 Å². The molecular formula is C9H15NO2. The van der Waals surface area contributed by atoms with Crippen molar-refractivity contribution in [2.75, 3.05) is 0 Å². The van der Waals surface area contributed by atoms with Crippen LogP contribution in [0.4, 0.5) is 0 Å². The Balaban J connectivity index is 2.35. The second kappa shape index (κ2) is 4.26. The first-order valence-electron chi connectivity index (χ1n) is 4.32. The monoisotopic (exact) mass is 169 g/mol. The van der Waals surface area contributed by atoms with Gasteiger partial charge in [-0.05, 0) is 25.2 Å². The maximum atomic E-state index is 10.4. The highest BCUT2D eigenvalue weighted by Crippen LogP contribution is 2.21. The van der Waals surface area contributed by atoms with Crippen molar-refractivity contribution in [3.05, 3.63) is 12.2 Å². The lowest BCUT2D eigenvalue weighted by Gasteiger charge is -2.23. The molecule has 0 fully saturated rings. The van der Waals surface area contributed by atoms with Crippen LogP contribution in [-0.4, -0.2) is 17.1 Å². The summed E-state index contributed by atoms with van der Waals surface area (Å²) in [6, 6.07) is -0.174. The molecule has 3 heteroatoms. The lowest BCUT2D eigenvalue weighted by atomic mass is 9.87. The van der Waals surface area contributed by atoms with E-state index >= 15 is 0 Å². The van der Waals surface area contributed by atoms with Crippen LogP contribution in [-0.2, 0) is 4.79 Å². The summed E-state index contributed by atoms with van der Waals surface area (Å²) < 4.78 is 0. The van der Waals surface area contributed by atoms with E-state index in [-0.39, 0.29) is 12.5 Å². The fraction of sp³-hybridized carbons (Fsp3) is 0.667. The van der Waals surface area contributed by atoms with Gasteiger partial charge in [-0.2, -0.15) is 0 Å². The largest absolute Gasteiger partial charge is 0.481 e. The Kier molecular flexibility index (Phi) is 3.29. The molecule has 0 saturated carbocycles. The summed E-state index contributed by atoms with van der Waals surface area (Å²) in [7, 11) is 0. The van der Waals surface area contributed by atoms with Crippen molar-refractivity contribution in [2.24, 2.45) is 11.7 Å². The maximum absolute atomic E-state index is 10.4. The summed E-state index contributed by atoms with van der Waals surface area (Å²) in [5.74, 6) is -0.428. The fourth-order valence-corrected chi connectivity index (χ4v) is 1.57. The third-order valence-electron chi connectivity index (χ3n) is 2.33. The minimum Gasteiger partial charge on any atom is -0.481 e. The predicted octanol–water partition coefficient (Wildman–Crippen LogP) is 1.14. The Hall–Kier alpha value is -0.830. The number of rotatable bonds is 3. The zero-order chi connectivity index (χ0) is 8.97. The second-order valence-electron chi connectivity index (χ2n) is 3.31. The maximum Gasteiger partial charge on any atom is 0.304 e. The molecule has 0 heterocycles. The quantitative estimate of drug-likeness (QED) is 0.623. The topological polar surface area (TPSA) is 63.3 Å². The van der Waals surface area contributed by atoms with Gasteiger partial charge in [0.2, 0.25) is 0 Å². The molecule has 0 aliphatic heterocycles. The van der Waals surface area contributed by atoms with E-state index in [1.807, 2.05) is 0 Å². The average molecular weight is 169 g/mol. The van der Waals surface area contributed by atoms with Crippen LogP contribution in [0.25, 0.3) is 0 Å². The highest BCUT2D eigenvalue weighted by atomic mass is 16.4. The number of hydrogen-bond acceptors (Lipinski definition) is 2. The molecule has 3 nitrogen and oxygen atoms in total. The van der Waals surface area contributed by atoms with Crippen molar-refractivity contribution in [2.45, 2.75) is 31.7 Å². The Morgan fingerprint density at radius 2 is 2.42 bits per heavy atom. The van der Waals surface area contributed by atoms with E-state index in [1.54, 1.807) is 0 Å². The summed E-state index contributed by atoms with van der Waals surface area (Å²) >= 11 is 0. The minimum absolute atomic E-state index is 0.0957. The molecule has 1 aliphatic rings. The van der Waals surface area contributed by atoms with Crippen LogP contribution in [0.1, 0.15) is 25.7 Å². The van der Waals surface area contributed by atoms with Gasteiger partial charge in [-0.15, -0.1) is 0 Å². The standard InChI is InChI=1S/C9H15NO2/c10-8(6-9(11)12)7-4-2-1-3-5-7/h1-2,7-8H,3-6,10H2,(H,11,12). The number of hydrogen-bond donors (Lipinski definition) is 2. The van der Waals surface area contributed by atoms with Gasteiger partial charge in [0.15, 0.2) is 0 Å². The molecule has 0 saturated heterocycles. The van der Waals surface area contributed by atoms with Gasteiger partial charge in [0.1, 0.15) is 0 Å². The zero-order valence-electron chi connectivity index (χ0n) is 7.07. The van der Waals surface area contributed by atoms with Gasteiger partial charge in [0.25, 0.3) is 0 Å². The Morgan fingerprint density at radius 1 is 1.67 bits per heavy atom. The molecule has 0 bridgehead atoms. The summed E-state index contributed by atoms with van der Waals surface area (Å²) in [4.78, 5) is 10.4. The molecule has 3 N–H and O–H groups in total. The molecule has 0 radical (unpaired) electrons. The number of aliphatic carboxylic acids is 1. The van der Waals surface area contributed by atoms with Crippen molar-refractivity contribution in [1.29, 1.82) is 0 Å². The normalized spacial score (nSPS) is 25.2. The van der Waals surface area contributed by atoms with Crippen molar-refractivity contribution in [3.8, 4) is 0 Å². The minimum atomic E-state index is -0.794. The summed E-state index contributed by atoms with van der Waals surface area (Å²) in [5, 5.41) is 8.52. The molecule has 0 aromatic heterocycles. The van der Waals surface area contributed by atoms with Gasteiger partial charge < -0.3 is 10.8 Å².